The number of unbranched alkanes of at least 4 members (excludes halogenated alkanes) is 11. The predicted octanol–water partition coefficient (Wildman–Crippen LogP) is 5.46. The van der Waals surface area contributed by atoms with Crippen molar-refractivity contribution in [1.82, 2.24) is 0 Å². The van der Waals surface area contributed by atoms with Gasteiger partial charge in [-0.2, -0.15) is 0 Å². The molecule has 0 amide bonds. The van der Waals surface area contributed by atoms with Gasteiger partial charge in [-0.1, -0.05) is 70.4 Å². The zero-order valence-electron chi connectivity index (χ0n) is 13.4. The van der Waals surface area contributed by atoms with Crippen molar-refractivity contribution in [2.24, 2.45) is 0 Å². The summed E-state index contributed by atoms with van der Waals surface area (Å²) in [5.74, 6) is -0.661. The summed E-state index contributed by atoms with van der Waals surface area (Å²) >= 11 is 0. The second kappa shape index (κ2) is 20.2. The molecule has 1 N–H and O–H groups in total. The third-order valence-electron chi connectivity index (χ3n) is 3.65. The van der Waals surface area contributed by atoms with E-state index in [0.717, 1.165) is 12.8 Å². The van der Waals surface area contributed by atoms with Gasteiger partial charge in [0.25, 0.3) is 0 Å². The molecule has 0 aliphatic rings. The van der Waals surface area contributed by atoms with Crippen LogP contribution in [0, 0.1) is 0 Å². The number of hydrogen-bond donors (Lipinski definition) is 1. The third-order valence-corrected chi connectivity index (χ3v) is 3.65. The van der Waals surface area contributed by atoms with Gasteiger partial charge in [0.05, 0.1) is 0 Å². The van der Waals surface area contributed by atoms with Crippen molar-refractivity contribution in [3.8, 4) is 0 Å². The van der Waals surface area contributed by atoms with Crippen LogP contribution < -0.4 is 0 Å². The topological polar surface area (TPSA) is 37.3 Å². The quantitative estimate of drug-likeness (QED) is 0.248. The number of carboxylic acids is 1. The van der Waals surface area contributed by atoms with Crippen LogP contribution in [0.2, 0.25) is 0 Å². The normalized spacial score (nSPS) is 10.7. The first kappa shape index (κ1) is 23.5. The summed E-state index contributed by atoms with van der Waals surface area (Å²) < 4.78 is 0. The first-order chi connectivity index (χ1) is 9.77. The van der Waals surface area contributed by atoms with Gasteiger partial charge < -0.3 is 5.11 Å². The Balaban J connectivity index is 0. The Hall–Kier alpha value is 0.210. The van der Waals surface area contributed by atoms with Crippen molar-refractivity contribution in [2.45, 2.75) is 96.8 Å². The van der Waals surface area contributed by atoms with E-state index in [4.69, 9.17) is 5.11 Å². The molecule has 0 aliphatic heterocycles. The van der Waals surface area contributed by atoms with Crippen LogP contribution in [-0.2, 0) is 4.79 Å². The van der Waals surface area contributed by atoms with Crippen LogP contribution in [0.4, 0.5) is 0 Å². The second-order valence-corrected chi connectivity index (χ2v) is 5.73. The van der Waals surface area contributed by atoms with Gasteiger partial charge in [-0.15, -0.1) is 0 Å². The van der Waals surface area contributed by atoms with Crippen LogP contribution in [0.1, 0.15) is 96.8 Å². The van der Waals surface area contributed by atoms with E-state index in [0.29, 0.717) is 6.42 Å². The van der Waals surface area contributed by atoms with E-state index >= 15 is 0 Å². The summed E-state index contributed by atoms with van der Waals surface area (Å²) in [7, 11) is 0. The Labute approximate surface area is 154 Å². The Bertz CT molecular complexity index is 239. The number of hydrogen-bond acceptors (Lipinski definition) is 1. The van der Waals surface area contributed by atoms with Crippen molar-refractivity contribution in [1.29, 1.82) is 0 Å². The molecule has 0 aromatic carbocycles. The van der Waals surface area contributed by atoms with Crippen molar-refractivity contribution in [2.75, 3.05) is 0 Å². The van der Waals surface area contributed by atoms with E-state index in [1.165, 1.54) is 70.6 Å². The molecule has 0 bridgehead atoms. The molecule has 0 rings (SSSR count). The average molecular weight is 306 g/mol. The van der Waals surface area contributed by atoms with E-state index < -0.39 is 5.97 Å². The summed E-state index contributed by atoms with van der Waals surface area (Å²) in [6, 6.07) is 0. The van der Waals surface area contributed by atoms with E-state index in [9.17, 15) is 4.79 Å². The summed E-state index contributed by atoms with van der Waals surface area (Å²) in [6.45, 7) is 2.25. The molecule has 0 aliphatic carbocycles. The van der Waals surface area contributed by atoms with E-state index in [-0.39, 0.29) is 29.6 Å². The van der Waals surface area contributed by atoms with Crippen LogP contribution in [-0.4, -0.2) is 40.6 Å². The zero-order valence-corrected chi connectivity index (χ0v) is 13.4. The van der Waals surface area contributed by atoms with Crippen molar-refractivity contribution in [3.63, 3.8) is 0 Å². The Morgan fingerprint density at radius 2 is 1.19 bits per heavy atom. The molecule has 0 aromatic rings. The molecule has 0 unspecified atom stereocenters. The standard InChI is InChI=1S/C18H34O2.Na.H/c1-2-3-4-5-6-7-8-9-10-11-12-13-14-15-16-17-18(19)20;;/h7-8H,2-6,9-17H2,1H3,(H,19,20);;/b8-7+;;. The monoisotopic (exact) mass is 306 g/mol. The van der Waals surface area contributed by atoms with E-state index in [1.54, 1.807) is 0 Å². The third kappa shape index (κ3) is 22.6. The van der Waals surface area contributed by atoms with Gasteiger partial charge >= 0.3 is 35.5 Å². The first-order valence-corrected chi connectivity index (χ1v) is 8.64. The molecule has 0 fully saturated rings. The maximum atomic E-state index is 10.3. The second-order valence-electron chi connectivity index (χ2n) is 5.73. The van der Waals surface area contributed by atoms with Crippen LogP contribution in [0.25, 0.3) is 0 Å². The predicted molar refractivity (Wildman–Crippen MR) is 94.2 cm³/mol. The maximum absolute atomic E-state index is 10.3. The molecule has 0 spiro atoms. The fourth-order valence-electron chi connectivity index (χ4n) is 2.35. The Morgan fingerprint density at radius 1 is 0.762 bits per heavy atom. The molecule has 21 heavy (non-hydrogen) atoms. The Kier molecular flexibility index (Phi) is 22.6. The molecular formula is C18H35NaO2. The van der Waals surface area contributed by atoms with E-state index in [1.807, 2.05) is 0 Å². The van der Waals surface area contributed by atoms with Gasteiger partial charge in [0.15, 0.2) is 0 Å². The van der Waals surface area contributed by atoms with Crippen molar-refractivity contribution < 1.29 is 9.90 Å². The van der Waals surface area contributed by atoms with Crippen LogP contribution in [0.15, 0.2) is 12.2 Å². The molecule has 120 valence electrons. The first-order valence-electron chi connectivity index (χ1n) is 8.64. The van der Waals surface area contributed by atoms with Crippen LogP contribution in [0.3, 0.4) is 0 Å². The van der Waals surface area contributed by atoms with Crippen LogP contribution in [0.5, 0.6) is 0 Å². The fourth-order valence-corrected chi connectivity index (χ4v) is 2.35. The number of carbonyl (C=O) groups is 1. The molecule has 0 radical (unpaired) electrons. The van der Waals surface area contributed by atoms with Crippen molar-refractivity contribution in [3.05, 3.63) is 12.2 Å². The number of carboxylic acid groups (broad SMARTS) is 1. The van der Waals surface area contributed by atoms with Gasteiger partial charge in [-0.25, -0.2) is 0 Å². The summed E-state index contributed by atoms with van der Waals surface area (Å²) in [4.78, 5) is 10.3. The fraction of sp³-hybridized carbons (Fsp3) is 0.833. The van der Waals surface area contributed by atoms with Gasteiger partial charge in [-0.3, -0.25) is 4.79 Å². The molecule has 0 saturated carbocycles. The summed E-state index contributed by atoms with van der Waals surface area (Å²) in [5, 5.41) is 8.51. The molecule has 0 saturated heterocycles. The van der Waals surface area contributed by atoms with Gasteiger partial charge in [0.1, 0.15) is 0 Å². The number of rotatable bonds is 15. The molecule has 3 heteroatoms. The molecule has 0 heterocycles. The zero-order chi connectivity index (χ0) is 14.9. The number of allylic oxidation sites excluding steroid dienone is 2. The van der Waals surface area contributed by atoms with Crippen LogP contribution >= 0.6 is 0 Å². The minimum absolute atomic E-state index is 0. The van der Waals surface area contributed by atoms with E-state index in [2.05, 4.69) is 19.1 Å². The van der Waals surface area contributed by atoms with Crippen molar-refractivity contribution >= 4 is 35.5 Å². The van der Waals surface area contributed by atoms with Gasteiger partial charge in [0.2, 0.25) is 0 Å². The van der Waals surface area contributed by atoms with Gasteiger partial charge in [0, 0.05) is 6.42 Å². The summed E-state index contributed by atoms with van der Waals surface area (Å²) in [5.41, 5.74) is 0. The molecular weight excluding hydrogens is 271 g/mol. The molecule has 2 nitrogen and oxygen atoms in total. The summed E-state index contributed by atoms with van der Waals surface area (Å²) in [6.07, 6.45) is 21.2. The molecule has 0 atom stereocenters. The Morgan fingerprint density at radius 3 is 1.67 bits per heavy atom. The minimum atomic E-state index is -0.661. The number of aliphatic carboxylic acids is 1. The SMILES string of the molecule is CCCCCC/C=C/CCCCCCCCCC(=O)O.[NaH]. The average Bonchev–Trinajstić information content (AvgIpc) is 2.43. The van der Waals surface area contributed by atoms with Gasteiger partial charge in [-0.05, 0) is 32.1 Å². The molecule has 0 aromatic heterocycles.